The third kappa shape index (κ3) is 4.28. The second kappa shape index (κ2) is 8.35. The SMILES string of the molecule is CC(C)Oc1cc(S(=N)(=O)C2CC2)ccc1Nc1ncc(Cl)c(-c2c[nH]c3ccccc23)n1. The maximum absolute atomic E-state index is 12.9. The van der Waals surface area contributed by atoms with E-state index in [4.69, 9.17) is 21.1 Å². The van der Waals surface area contributed by atoms with Crippen LogP contribution in [0.15, 0.2) is 59.8 Å². The highest BCUT2D eigenvalue weighted by atomic mass is 35.5. The molecule has 0 radical (unpaired) electrons. The minimum absolute atomic E-state index is 0.0680. The summed E-state index contributed by atoms with van der Waals surface area (Å²) >= 11 is 6.45. The van der Waals surface area contributed by atoms with Crippen molar-refractivity contribution in [3.05, 3.63) is 59.9 Å². The van der Waals surface area contributed by atoms with Crippen molar-refractivity contribution in [3.63, 3.8) is 0 Å². The largest absolute Gasteiger partial charge is 0.489 e. The van der Waals surface area contributed by atoms with Gasteiger partial charge in [-0.15, -0.1) is 0 Å². The van der Waals surface area contributed by atoms with E-state index in [0.29, 0.717) is 33.0 Å². The molecule has 0 aliphatic heterocycles. The fourth-order valence-electron chi connectivity index (χ4n) is 3.74. The van der Waals surface area contributed by atoms with Gasteiger partial charge >= 0.3 is 0 Å². The molecule has 1 aliphatic rings. The molecule has 170 valence electrons. The van der Waals surface area contributed by atoms with E-state index < -0.39 is 9.73 Å². The summed E-state index contributed by atoms with van der Waals surface area (Å²) in [5, 5.41) is 4.60. The van der Waals surface area contributed by atoms with Gasteiger partial charge in [-0.2, -0.15) is 0 Å². The van der Waals surface area contributed by atoms with Gasteiger partial charge in [0, 0.05) is 27.9 Å². The van der Waals surface area contributed by atoms with E-state index in [-0.39, 0.29) is 11.4 Å². The Morgan fingerprint density at radius 2 is 2.03 bits per heavy atom. The van der Waals surface area contributed by atoms with Crippen molar-refractivity contribution in [3.8, 4) is 17.0 Å². The molecule has 0 saturated heterocycles. The van der Waals surface area contributed by atoms with Crippen LogP contribution in [0.2, 0.25) is 5.02 Å². The van der Waals surface area contributed by atoms with E-state index in [1.54, 1.807) is 24.4 Å². The number of rotatable bonds is 7. The number of halogens is 1. The molecule has 2 aromatic heterocycles. The monoisotopic (exact) mass is 481 g/mol. The van der Waals surface area contributed by atoms with Crippen molar-refractivity contribution < 1.29 is 8.95 Å². The number of hydrogen-bond acceptors (Lipinski definition) is 6. The zero-order valence-corrected chi connectivity index (χ0v) is 19.8. The lowest BCUT2D eigenvalue weighted by Crippen LogP contribution is -2.10. The van der Waals surface area contributed by atoms with Crippen LogP contribution in [0.3, 0.4) is 0 Å². The number of nitrogens with one attached hydrogen (secondary N) is 3. The molecule has 2 aromatic carbocycles. The number of hydrogen-bond donors (Lipinski definition) is 3. The Morgan fingerprint density at radius 3 is 2.79 bits per heavy atom. The van der Waals surface area contributed by atoms with E-state index in [9.17, 15) is 4.21 Å². The zero-order valence-electron chi connectivity index (χ0n) is 18.3. The topological polar surface area (TPSA) is 104 Å². The molecule has 7 nitrogen and oxygen atoms in total. The Kier molecular flexibility index (Phi) is 5.50. The number of H-pyrrole nitrogens is 1. The number of aromatic amines is 1. The first-order chi connectivity index (χ1) is 15.8. The van der Waals surface area contributed by atoms with Crippen LogP contribution in [-0.2, 0) is 9.73 Å². The van der Waals surface area contributed by atoms with Crippen molar-refractivity contribution in [1.82, 2.24) is 15.0 Å². The van der Waals surface area contributed by atoms with Crippen LogP contribution in [0.1, 0.15) is 26.7 Å². The Hall–Kier alpha value is -3.10. The fourth-order valence-corrected chi connectivity index (χ4v) is 5.67. The molecule has 1 unspecified atom stereocenters. The van der Waals surface area contributed by atoms with Crippen LogP contribution in [0, 0.1) is 4.78 Å². The average Bonchev–Trinajstić information content (AvgIpc) is 3.57. The van der Waals surface area contributed by atoms with Crippen LogP contribution >= 0.6 is 11.6 Å². The number of nitrogens with zero attached hydrogens (tertiary/aromatic N) is 2. The highest BCUT2D eigenvalue weighted by molar-refractivity contribution is 7.93. The van der Waals surface area contributed by atoms with Crippen LogP contribution in [-0.4, -0.2) is 30.5 Å². The van der Waals surface area contributed by atoms with E-state index >= 15 is 0 Å². The van der Waals surface area contributed by atoms with Gasteiger partial charge in [-0.05, 0) is 51.0 Å². The molecule has 2 heterocycles. The Balaban J connectivity index is 1.52. The first kappa shape index (κ1) is 21.7. The summed E-state index contributed by atoms with van der Waals surface area (Å²) in [5.41, 5.74) is 3.12. The van der Waals surface area contributed by atoms with Crippen molar-refractivity contribution in [2.24, 2.45) is 0 Å². The van der Waals surface area contributed by atoms with Gasteiger partial charge in [-0.3, -0.25) is 0 Å². The van der Waals surface area contributed by atoms with E-state index in [1.165, 1.54) is 0 Å². The van der Waals surface area contributed by atoms with E-state index in [1.807, 2.05) is 44.3 Å². The van der Waals surface area contributed by atoms with Crippen LogP contribution < -0.4 is 10.1 Å². The minimum atomic E-state index is -2.84. The second-order valence-corrected chi connectivity index (χ2v) is 11.1. The summed E-state index contributed by atoms with van der Waals surface area (Å²) in [5.74, 6) is 0.866. The molecular formula is C24H24ClN5O2S. The van der Waals surface area contributed by atoms with Gasteiger partial charge in [0.05, 0.1) is 43.3 Å². The van der Waals surface area contributed by atoms with Crippen molar-refractivity contribution in [1.29, 1.82) is 4.78 Å². The summed E-state index contributed by atoms with van der Waals surface area (Å²) in [6, 6.07) is 13.1. The van der Waals surface area contributed by atoms with Gasteiger partial charge in [0.15, 0.2) is 0 Å². The molecule has 0 amide bonds. The number of para-hydroxylation sites is 1. The standard InChI is InChI=1S/C24H24ClN5O2S/c1-14(2)32-22-11-16(33(26,31)15-7-8-15)9-10-21(22)29-24-28-13-19(25)23(30-24)18-12-27-20-6-4-3-5-17(18)20/h3-6,9-15,26-27H,7-8H2,1-2H3,(H,28,29,30). The summed E-state index contributed by atoms with van der Waals surface area (Å²) in [7, 11) is -2.84. The normalized spacial score (nSPS) is 15.5. The summed E-state index contributed by atoms with van der Waals surface area (Å²) in [6.07, 6.45) is 5.01. The Bertz CT molecular complexity index is 1440. The molecule has 3 N–H and O–H groups in total. The van der Waals surface area contributed by atoms with Gasteiger partial charge in [-0.25, -0.2) is 19.0 Å². The highest BCUT2D eigenvalue weighted by Crippen LogP contribution is 2.38. The molecule has 1 saturated carbocycles. The fraction of sp³-hybridized carbons (Fsp3) is 0.250. The van der Waals surface area contributed by atoms with Crippen molar-refractivity contribution >= 4 is 43.9 Å². The minimum Gasteiger partial charge on any atom is -0.489 e. The molecule has 4 aromatic rings. The summed E-state index contributed by atoms with van der Waals surface area (Å²) in [4.78, 5) is 12.7. The van der Waals surface area contributed by atoms with Gasteiger partial charge in [-0.1, -0.05) is 29.8 Å². The lowest BCUT2D eigenvalue weighted by molar-refractivity contribution is 0.243. The number of fused-ring (bicyclic) bond motifs is 1. The van der Waals surface area contributed by atoms with Gasteiger partial charge in [0.1, 0.15) is 5.75 Å². The summed E-state index contributed by atoms with van der Waals surface area (Å²) < 4.78 is 27.3. The van der Waals surface area contributed by atoms with Crippen LogP contribution in [0.25, 0.3) is 22.2 Å². The maximum Gasteiger partial charge on any atom is 0.227 e. The van der Waals surface area contributed by atoms with Crippen LogP contribution in [0.5, 0.6) is 5.75 Å². The van der Waals surface area contributed by atoms with Crippen molar-refractivity contribution in [2.75, 3.05) is 5.32 Å². The Morgan fingerprint density at radius 1 is 1.24 bits per heavy atom. The van der Waals surface area contributed by atoms with E-state index in [2.05, 4.69) is 20.3 Å². The Labute approximate surface area is 197 Å². The molecule has 5 rings (SSSR count). The maximum atomic E-state index is 12.9. The number of ether oxygens (including phenoxy) is 1. The third-order valence-electron chi connectivity index (χ3n) is 5.49. The molecule has 33 heavy (non-hydrogen) atoms. The average molecular weight is 482 g/mol. The smallest absolute Gasteiger partial charge is 0.227 e. The van der Waals surface area contributed by atoms with Gasteiger partial charge in [0.2, 0.25) is 5.95 Å². The predicted molar refractivity (Wildman–Crippen MR) is 132 cm³/mol. The quantitative estimate of drug-likeness (QED) is 0.284. The first-order valence-electron chi connectivity index (χ1n) is 10.8. The number of anilines is 2. The number of benzene rings is 2. The molecule has 1 aliphatic carbocycles. The molecular weight excluding hydrogens is 458 g/mol. The molecule has 1 fully saturated rings. The molecule has 1 atom stereocenters. The third-order valence-corrected chi connectivity index (χ3v) is 8.14. The summed E-state index contributed by atoms with van der Waals surface area (Å²) in [6.45, 7) is 3.84. The molecule has 0 spiro atoms. The molecule has 9 heteroatoms. The lowest BCUT2D eigenvalue weighted by atomic mass is 10.1. The lowest BCUT2D eigenvalue weighted by Gasteiger charge is -2.17. The van der Waals surface area contributed by atoms with Crippen LogP contribution in [0.4, 0.5) is 11.6 Å². The first-order valence-corrected chi connectivity index (χ1v) is 12.8. The van der Waals surface area contributed by atoms with E-state index in [0.717, 1.165) is 29.3 Å². The number of aromatic nitrogens is 3. The highest BCUT2D eigenvalue weighted by Gasteiger charge is 2.34. The zero-order chi connectivity index (χ0) is 23.2. The van der Waals surface area contributed by atoms with Gasteiger partial charge in [0.25, 0.3) is 0 Å². The predicted octanol–water partition coefficient (Wildman–Crippen LogP) is 6.38. The second-order valence-electron chi connectivity index (χ2n) is 8.39. The molecule has 0 bridgehead atoms. The van der Waals surface area contributed by atoms with Crippen molar-refractivity contribution in [2.45, 2.75) is 42.9 Å². The van der Waals surface area contributed by atoms with Gasteiger partial charge < -0.3 is 15.0 Å².